The first-order valence-corrected chi connectivity index (χ1v) is 6.97. The maximum atomic E-state index is 10.8. The van der Waals surface area contributed by atoms with Gasteiger partial charge < -0.3 is 10.1 Å². The summed E-state index contributed by atoms with van der Waals surface area (Å²) in [7, 11) is 0. The molecule has 0 amide bonds. The van der Waals surface area contributed by atoms with E-state index >= 15 is 0 Å². The van der Waals surface area contributed by atoms with Gasteiger partial charge in [0, 0.05) is 24.2 Å². The highest BCUT2D eigenvalue weighted by Crippen LogP contribution is 2.18. The van der Waals surface area contributed by atoms with E-state index in [2.05, 4.69) is 10.3 Å². The van der Waals surface area contributed by atoms with Crippen LogP contribution in [0.25, 0.3) is 0 Å². The first kappa shape index (κ1) is 14.1. The minimum absolute atomic E-state index is 0.0689. The van der Waals surface area contributed by atoms with Crippen LogP contribution in [0.5, 0.6) is 5.75 Å². The number of amidine groups is 1. The van der Waals surface area contributed by atoms with E-state index in [0.717, 1.165) is 30.1 Å². The van der Waals surface area contributed by atoms with E-state index in [0.29, 0.717) is 5.75 Å². The van der Waals surface area contributed by atoms with Crippen molar-refractivity contribution in [3.8, 4) is 5.75 Å². The predicted molar refractivity (Wildman–Crippen MR) is 83.3 cm³/mol. The van der Waals surface area contributed by atoms with Crippen LogP contribution in [0, 0.1) is 10.1 Å². The Labute approximate surface area is 127 Å². The monoisotopic (exact) mass is 297 g/mol. The fraction of sp³-hybridized carbons (Fsp3) is 0.188. The van der Waals surface area contributed by atoms with Gasteiger partial charge in [-0.2, -0.15) is 0 Å². The van der Waals surface area contributed by atoms with E-state index in [9.17, 15) is 10.1 Å². The number of ether oxygens (including phenoxy) is 1. The number of rotatable bonds is 5. The van der Waals surface area contributed by atoms with Gasteiger partial charge in [0.15, 0.2) is 0 Å². The van der Waals surface area contributed by atoms with Gasteiger partial charge in [-0.1, -0.05) is 24.3 Å². The molecule has 3 rings (SSSR count). The molecule has 0 saturated heterocycles. The molecule has 2 aromatic carbocycles. The zero-order valence-electron chi connectivity index (χ0n) is 11.9. The number of nitrogens with zero attached hydrogens (tertiary/aromatic N) is 2. The van der Waals surface area contributed by atoms with Gasteiger partial charge in [0.2, 0.25) is 0 Å². The molecule has 112 valence electrons. The molecule has 0 spiro atoms. The van der Waals surface area contributed by atoms with E-state index in [1.54, 1.807) is 12.1 Å². The summed E-state index contributed by atoms with van der Waals surface area (Å²) in [6.45, 7) is 1.92. The van der Waals surface area contributed by atoms with Crippen LogP contribution in [0.1, 0.15) is 11.1 Å². The van der Waals surface area contributed by atoms with Gasteiger partial charge in [0.25, 0.3) is 5.69 Å². The lowest BCUT2D eigenvalue weighted by molar-refractivity contribution is -0.384. The summed E-state index contributed by atoms with van der Waals surface area (Å²) >= 11 is 0. The second-order valence-electron chi connectivity index (χ2n) is 4.90. The van der Waals surface area contributed by atoms with Gasteiger partial charge in [0.1, 0.15) is 18.2 Å². The van der Waals surface area contributed by atoms with E-state index in [-0.39, 0.29) is 12.3 Å². The third-order valence-electron chi connectivity index (χ3n) is 3.31. The maximum Gasteiger partial charge on any atom is 0.269 e. The number of non-ortho nitro benzene ring substituents is 1. The average molecular weight is 297 g/mol. The minimum atomic E-state index is -0.409. The van der Waals surface area contributed by atoms with Gasteiger partial charge in [-0.3, -0.25) is 15.1 Å². The summed E-state index contributed by atoms with van der Waals surface area (Å²) in [5, 5.41) is 14.0. The van der Waals surface area contributed by atoms with Crippen LogP contribution in [0.15, 0.2) is 53.5 Å². The van der Waals surface area contributed by atoms with Crippen LogP contribution in [0.3, 0.4) is 0 Å². The van der Waals surface area contributed by atoms with Crippen LogP contribution in [-0.2, 0) is 6.61 Å². The summed E-state index contributed by atoms with van der Waals surface area (Å²) < 4.78 is 5.72. The number of nitrogens with one attached hydrogen (secondary N) is 1. The SMILES string of the molecule is O=[N+]([O-])c1cccc(COc2cccc(C3=NCCN3)c2)c1. The largest absolute Gasteiger partial charge is 0.489 e. The number of aliphatic imine (C=N–C) groups is 1. The van der Waals surface area contributed by atoms with E-state index in [1.807, 2.05) is 24.3 Å². The van der Waals surface area contributed by atoms with Crippen molar-refractivity contribution in [1.29, 1.82) is 0 Å². The third kappa shape index (κ3) is 3.22. The Bertz CT molecular complexity index is 728. The minimum Gasteiger partial charge on any atom is -0.489 e. The number of nitro benzene ring substituents is 1. The zero-order chi connectivity index (χ0) is 15.4. The van der Waals surface area contributed by atoms with Crippen LogP contribution >= 0.6 is 0 Å². The smallest absolute Gasteiger partial charge is 0.269 e. The first-order valence-electron chi connectivity index (χ1n) is 6.97. The van der Waals surface area contributed by atoms with Crippen LogP contribution in [0.4, 0.5) is 5.69 Å². The Kier molecular flexibility index (Phi) is 4.00. The molecule has 0 unspecified atom stereocenters. The second kappa shape index (κ2) is 6.26. The van der Waals surface area contributed by atoms with Crippen molar-refractivity contribution in [1.82, 2.24) is 5.32 Å². The Morgan fingerprint density at radius 2 is 2.09 bits per heavy atom. The highest BCUT2D eigenvalue weighted by Gasteiger charge is 2.09. The summed E-state index contributed by atoms with van der Waals surface area (Å²) in [6, 6.07) is 14.1. The van der Waals surface area contributed by atoms with Crippen molar-refractivity contribution in [2.24, 2.45) is 4.99 Å². The first-order chi connectivity index (χ1) is 10.7. The molecule has 1 heterocycles. The summed E-state index contributed by atoms with van der Waals surface area (Å²) in [4.78, 5) is 14.7. The van der Waals surface area contributed by atoms with E-state index in [1.165, 1.54) is 12.1 Å². The fourth-order valence-corrected chi connectivity index (χ4v) is 2.25. The van der Waals surface area contributed by atoms with Crippen LogP contribution in [0.2, 0.25) is 0 Å². The van der Waals surface area contributed by atoms with Crippen LogP contribution in [-0.4, -0.2) is 23.8 Å². The molecule has 0 aliphatic carbocycles. The average Bonchev–Trinajstić information content (AvgIpc) is 3.08. The molecule has 2 aromatic rings. The van der Waals surface area contributed by atoms with E-state index in [4.69, 9.17) is 4.74 Å². The summed E-state index contributed by atoms with van der Waals surface area (Å²) in [6.07, 6.45) is 0. The second-order valence-corrected chi connectivity index (χ2v) is 4.90. The molecule has 0 aromatic heterocycles. The molecule has 0 atom stereocenters. The highest BCUT2D eigenvalue weighted by molar-refractivity contribution is 6.00. The van der Waals surface area contributed by atoms with Crippen molar-refractivity contribution < 1.29 is 9.66 Å². The van der Waals surface area contributed by atoms with Crippen molar-refractivity contribution in [2.75, 3.05) is 13.1 Å². The van der Waals surface area contributed by atoms with Gasteiger partial charge >= 0.3 is 0 Å². The van der Waals surface area contributed by atoms with Crippen LogP contribution < -0.4 is 10.1 Å². The quantitative estimate of drug-likeness (QED) is 0.679. The normalized spacial score (nSPS) is 13.4. The molecule has 1 N–H and O–H groups in total. The number of nitro groups is 1. The zero-order valence-corrected chi connectivity index (χ0v) is 11.9. The molecular weight excluding hydrogens is 282 g/mol. The molecule has 0 radical (unpaired) electrons. The van der Waals surface area contributed by atoms with Gasteiger partial charge in [-0.25, -0.2) is 0 Å². The molecule has 1 aliphatic rings. The maximum absolute atomic E-state index is 10.8. The number of benzene rings is 2. The molecule has 6 nitrogen and oxygen atoms in total. The van der Waals surface area contributed by atoms with Gasteiger partial charge in [0.05, 0.1) is 11.5 Å². The van der Waals surface area contributed by atoms with Crippen molar-refractivity contribution in [3.05, 3.63) is 69.8 Å². The van der Waals surface area contributed by atoms with Crippen molar-refractivity contribution in [3.63, 3.8) is 0 Å². The Balaban J connectivity index is 1.70. The molecule has 0 fully saturated rings. The molecule has 1 aliphatic heterocycles. The standard InChI is InChI=1S/C16H15N3O3/c20-19(21)14-5-1-3-12(9-14)11-22-15-6-2-4-13(10-15)16-17-7-8-18-16/h1-6,9-10H,7-8,11H2,(H,17,18). The molecule has 0 saturated carbocycles. The van der Waals surface area contributed by atoms with Crippen molar-refractivity contribution in [2.45, 2.75) is 6.61 Å². The number of hydrogen-bond acceptors (Lipinski definition) is 5. The third-order valence-corrected chi connectivity index (χ3v) is 3.31. The predicted octanol–water partition coefficient (Wildman–Crippen LogP) is 2.52. The number of hydrogen-bond donors (Lipinski definition) is 1. The van der Waals surface area contributed by atoms with Gasteiger partial charge in [-0.05, 0) is 17.7 Å². The Morgan fingerprint density at radius 3 is 2.86 bits per heavy atom. The molecule has 6 heteroatoms. The topological polar surface area (TPSA) is 76.8 Å². The Hall–Kier alpha value is -2.89. The van der Waals surface area contributed by atoms with Gasteiger partial charge in [-0.15, -0.1) is 0 Å². The lowest BCUT2D eigenvalue weighted by Gasteiger charge is -2.08. The van der Waals surface area contributed by atoms with Crippen molar-refractivity contribution >= 4 is 11.5 Å². The van der Waals surface area contributed by atoms with E-state index < -0.39 is 4.92 Å². The lowest BCUT2D eigenvalue weighted by atomic mass is 10.2. The molecular formula is C16H15N3O3. The fourth-order valence-electron chi connectivity index (χ4n) is 2.25. The summed E-state index contributed by atoms with van der Waals surface area (Å²) in [5.41, 5.74) is 1.81. The highest BCUT2D eigenvalue weighted by atomic mass is 16.6. The molecule has 22 heavy (non-hydrogen) atoms. The lowest BCUT2D eigenvalue weighted by Crippen LogP contribution is -2.19. The summed E-state index contributed by atoms with van der Waals surface area (Å²) in [5.74, 6) is 1.58. The molecule has 0 bridgehead atoms. The Morgan fingerprint density at radius 1 is 1.23 bits per heavy atom.